The molecule has 0 atom stereocenters. The number of carbonyl (C=O) groups is 3. The van der Waals surface area contributed by atoms with Gasteiger partial charge < -0.3 is 5.32 Å². The fourth-order valence-electron chi connectivity index (χ4n) is 2.60. The van der Waals surface area contributed by atoms with Crippen molar-refractivity contribution in [3.63, 3.8) is 0 Å². The normalized spacial score (nSPS) is 15.5. The van der Waals surface area contributed by atoms with E-state index >= 15 is 0 Å². The van der Waals surface area contributed by atoms with Gasteiger partial charge in [0.05, 0.1) is 4.91 Å². The lowest BCUT2D eigenvalue weighted by atomic mass is 10.1. The number of benzene rings is 2. The molecule has 0 spiro atoms. The Morgan fingerprint density at radius 2 is 1.59 bits per heavy atom. The van der Waals surface area contributed by atoms with Crippen molar-refractivity contribution < 1.29 is 14.4 Å². The summed E-state index contributed by atoms with van der Waals surface area (Å²) in [6.07, 6.45) is 1.72. The zero-order valence-corrected chi connectivity index (χ0v) is 16.0. The van der Waals surface area contributed by atoms with E-state index in [0.29, 0.717) is 10.5 Å². The summed E-state index contributed by atoms with van der Waals surface area (Å²) >= 11 is 0.923. The molecule has 1 aliphatic heterocycles. The van der Waals surface area contributed by atoms with Crippen LogP contribution in [0.3, 0.4) is 0 Å². The molecule has 6 heteroatoms. The summed E-state index contributed by atoms with van der Waals surface area (Å²) < 4.78 is 0. The minimum atomic E-state index is -0.324. The first-order valence-electron chi connectivity index (χ1n) is 8.61. The lowest BCUT2D eigenvalue weighted by molar-refractivity contribution is -0.122. The van der Waals surface area contributed by atoms with Crippen LogP contribution in [0.1, 0.15) is 27.0 Å². The number of hydrogen-bond donors (Lipinski definition) is 1. The third-order valence-corrected chi connectivity index (χ3v) is 5.09. The van der Waals surface area contributed by atoms with Crippen LogP contribution in [0.4, 0.5) is 4.79 Å². The van der Waals surface area contributed by atoms with Gasteiger partial charge in [-0.05, 0) is 49.4 Å². The molecule has 0 unspecified atom stereocenters. The topological polar surface area (TPSA) is 66.5 Å². The van der Waals surface area contributed by atoms with Crippen molar-refractivity contribution in [2.45, 2.75) is 13.8 Å². The summed E-state index contributed by atoms with van der Waals surface area (Å²) in [5.41, 5.74) is 3.63. The van der Waals surface area contributed by atoms with Crippen molar-refractivity contribution in [1.29, 1.82) is 0 Å². The molecule has 1 fully saturated rings. The lowest BCUT2D eigenvalue weighted by Gasteiger charge is -2.13. The third-order valence-electron chi connectivity index (χ3n) is 4.18. The zero-order chi connectivity index (χ0) is 19.4. The van der Waals surface area contributed by atoms with Crippen molar-refractivity contribution in [3.05, 3.63) is 75.7 Å². The molecule has 138 valence electrons. The molecule has 27 heavy (non-hydrogen) atoms. The molecular weight excluding hydrogens is 360 g/mol. The number of imide groups is 1. The second-order valence-corrected chi connectivity index (χ2v) is 7.36. The minimum absolute atomic E-state index is 0.146. The first-order valence-corrected chi connectivity index (χ1v) is 9.42. The molecule has 0 aromatic heterocycles. The third kappa shape index (κ3) is 4.65. The Morgan fingerprint density at radius 3 is 2.22 bits per heavy atom. The summed E-state index contributed by atoms with van der Waals surface area (Å²) in [5, 5.41) is 2.43. The highest BCUT2D eigenvalue weighted by Crippen LogP contribution is 2.31. The molecule has 0 radical (unpaired) electrons. The van der Waals surface area contributed by atoms with E-state index in [2.05, 4.69) is 5.32 Å². The highest BCUT2D eigenvalue weighted by molar-refractivity contribution is 8.18. The van der Waals surface area contributed by atoms with Crippen LogP contribution in [0.2, 0.25) is 0 Å². The fraction of sp³-hybridized carbons (Fsp3) is 0.190. The molecule has 0 aliphatic carbocycles. The van der Waals surface area contributed by atoms with E-state index in [1.54, 1.807) is 18.2 Å². The van der Waals surface area contributed by atoms with Crippen molar-refractivity contribution >= 4 is 34.9 Å². The average Bonchev–Trinajstić information content (AvgIpc) is 2.91. The van der Waals surface area contributed by atoms with Crippen LogP contribution >= 0.6 is 11.8 Å². The van der Waals surface area contributed by atoms with E-state index in [1.165, 1.54) is 4.90 Å². The first-order chi connectivity index (χ1) is 12.9. The molecule has 2 aromatic rings. The number of rotatable bonds is 5. The van der Waals surface area contributed by atoms with Gasteiger partial charge >= 0.3 is 0 Å². The van der Waals surface area contributed by atoms with Gasteiger partial charge in [-0.1, -0.05) is 47.5 Å². The van der Waals surface area contributed by atoms with E-state index in [9.17, 15) is 14.4 Å². The maximum Gasteiger partial charge on any atom is 0.293 e. The van der Waals surface area contributed by atoms with Gasteiger partial charge in [0, 0.05) is 18.7 Å². The van der Waals surface area contributed by atoms with E-state index in [1.807, 2.05) is 50.2 Å². The molecule has 5 nitrogen and oxygen atoms in total. The number of nitrogens with one attached hydrogen (secondary N) is 1. The van der Waals surface area contributed by atoms with Gasteiger partial charge in [0.2, 0.25) is 0 Å². The van der Waals surface area contributed by atoms with Gasteiger partial charge in [-0.2, -0.15) is 0 Å². The maximum atomic E-state index is 12.5. The van der Waals surface area contributed by atoms with Crippen LogP contribution in [-0.4, -0.2) is 35.0 Å². The minimum Gasteiger partial charge on any atom is -0.350 e. The standard InChI is InChI=1S/C21H20N2O3S/c1-14-3-7-16(8-4-14)13-18-20(25)23(21(26)27-18)12-11-22-19(24)17-9-5-15(2)6-10-17/h3-10,13H,11-12H2,1-2H3,(H,22,24)/b18-13-. The maximum absolute atomic E-state index is 12.5. The first kappa shape index (κ1) is 18.9. The monoisotopic (exact) mass is 380 g/mol. The summed E-state index contributed by atoms with van der Waals surface area (Å²) in [4.78, 5) is 38.3. The smallest absolute Gasteiger partial charge is 0.293 e. The molecule has 1 heterocycles. The van der Waals surface area contributed by atoms with Gasteiger partial charge in [-0.25, -0.2) is 0 Å². The van der Waals surface area contributed by atoms with Gasteiger partial charge in [0.1, 0.15) is 0 Å². The molecule has 0 saturated carbocycles. The number of thioether (sulfide) groups is 1. The zero-order valence-electron chi connectivity index (χ0n) is 15.2. The van der Waals surface area contributed by atoms with E-state index in [4.69, 9.17) is 0 Å². The van der Waals surface area contributed by atoms with Crippen molar-refractivity contribution in [3.8, 4) is 0 Å². The van der Waals surface area contributed by atoms with Gasteiger partial charge in [0.15, 0.2) is 0 Å². The van der Waals surface area contributed by atoms with E-state index in [0.717, 1.165) is 28.5 Å². The Morgan fingerprint density at radius 1 is 1.00 bits per heavy atom. The van der Waals surface area contributed by atoms with Gasteiger partial charge in [-0.15, -0.1) is 0 Å². The largest absolute Gasteiger partial charge is 0.350 e. The summed E-state index contributed by atoms with van der Waals surface area (Å²) in [5.74, 6) is -0.549. The van der Waals surface area contributed by atoms with Crippen LogP contribution in [0.5, 0.6) is 0 Å². The predicted molar refractivity (Wildman–Crippen MR) is 107 cm³/mol. The quantitative estimate of drug-likeness (QED) is 0.802. The molecule has 2 aromatic carbocycles. The number of carbonyl (C=O) groups excluding carboxylic acids is 3. The molecule has 1 saturated heterocycles. The van der Waals surface area contributed by atoms with Crippen molar-refractivity contribution in [2.24, 2.45) is 0 Å². The number of aryl methyl sites for hydroxylation is 2. The van der Waals surface area contributed by atoms with Crippen LogP contribution in [0.15, 0.2) is 53.4 Å². The fourth-order valence-corrected chi connectivity index (χ4v) is 3.46. The Hall–Kier alpha value is -2.86. The second-order valence-electron chi connectivity index (χ2n) is 6.37. The highest BCUT2D eigenvalue weighted by Gasteiger charge is 2.34. The lowest BCUT2D eigenvalue weighted by Crippen LogP contribution is -2.37. The van der Waals surface area contributed by atoms with Gasteiger partial charge in [0.25, 0.3) is 17.1 Å². The van der Waals surface area contributed by atoms with Crippen LogP contribution in [-0.2, 0) is 4.79 Å². The Balaban J connectivity index is 1.58. The number of nitrogens with zero attached hydrogens (tertiary/aromatic N) is 1. The molecule has 1 N–H and O–H groups in total. The predicted octanol–water partition coefficient (Wildman–Crippen LogP) is 3.77. The Labute approximate surface area is 162 Å². The summed E-state index contributed by atoms with van der Waals surface area (Å²) in [6, 6.07) is 14.9. The summed E-state index contributed by atoms with van der Waals surface area (Å²) in [7, 11) is 0. The number of amides is 3. The van der Waals surface area contributed by atoms with Crippen LogP contribution in [0.25, 0.3) is 6.08 Å². The van der Waals surface area contributed by atoms with E-state index < -0.39 is 0 Å². The van der Waals surface area contributed by atoms with Gasteiger partial charge in [-0.3, -0.25) is 19.3 Å². The molecule has 0 bridgehead atoms. The Kier molecular flexibility index (Phi) is 5.76. The molecule has 3 amide bonds. The van der Waals surface area contributed by atoms with Crippen molar-refractivity contribution in [2.75, 3.05) is 13.1 Å². The van der Waals surface area contributed by atoms with Crippen LogP contribution < -0.4 is 5.32 Å². The second kappa shape index (κ2) is 8.22. The van der Waals surface area contributed by atoms with Crippen molar-refractivity contribution in [1.82, 2.24) is 10.2 Å². The summed E-state index contributed by atoms with van der Waals surface area (Å²) in [6.45, 7) is 4.30. The highest BCUT2D eigenvalue weighted by atomic mass is 32.2. The molecule has 1 aliphatic rings. The number of hydrogen-bond acceptors (Lipinski definition) is 4. The Bertz CT molecular complexity index is 902. The van der Waals surface area contributed by atoms with E-state index in [-0.39, 0.29) is 30.1 Å². The van der Waals surface area contributed by atoms with Crippen LogP contribution in [0, 0.1) is 13.8 Å². The molecule has 3 rings (SSSR count). The molecular formula is C21H20N2O3S. The average molecular weight is 380 g/mol. The SMILES string of the molecule is Cc1ccc(/C=C2\SC(=O)N(CCNC(=O)c3ccc(C)cc3)C2=O)cc1.